The lowest BCUT2D eigenvalue weighted by atomic mass is 10.0. The summed E-state index contributed by atoms with van der Waals surface area (Å²) in [4.78, 5) is 7.04. The van der Waals surface area contributed by atoms with Gasteiger partial charge in [-0.3, -0.25) is 15.0 Å². The number of piperidine rings is 1. The van der Waals surface area contributed by atoms with Crippen LogP contribution in [-0.2, 0) is 6.54 Å². The van der Waals surface area contributed by atoms with Crippen molar-refractivity contribution in [2.45, 2.75) is 45.7 Å². The molecule has 3 aromatic rings. The Hall–Kier alpha value is -2.66. The lowest BCUT2D eigenvalue weighted by Gasteiger charge is -2.26. The zero-order chi connectivity index (χ0) is 19.5. The van der Waals surface area contributed by atoms with Gasteiger partial charge in [-0.05, 0) is 69.1 Å². The lowest BCUT2D eigenvalue weighted by Crippen LogP contribution is -2.29. The summed E-state index contributed by atoms with van der Waals surface area (Å²) in [6, 6.07) is 8.98. The van der Waals surface area contributed by atoms with Crippen molar-refractivity contribution in [1.82, 2.24) is 25.4 Å². The Morgan fingerprint density at radius 2 is 1.96 bits per heavy atom. The number of likely N-dealkylation sites (tertiary alicyclic amines) is 1. The zero-order valence-corrected chi connectivity index (χ0v) is 16.8. The van der Waals surface area contributed by atoms with Crippen molar-refractivity contribution in [3.63, 3.8) is 0 Å². The highest BCUT2D eigenvalue weighted by molar-refractivity contribution is 5.92. The highest BCUT2D eigenvalue weighted by Gasteiger charge is 2.13. The van der Waals surface area contributed by atoms with Crippen molar-refractivity contribution >= 4 is 16.6 Å². The molecule has 3 heterocycles. The fourth-order valence-electron chi connectivity index (χ4n) is 3.95. The van der Waals surface area contributed by atoms with Crippen molar-refractivity contribution in [2.75, 3.05) is 13.1 Å². The number of nitrogens with one attached hydrogen (secondary N) is 2. The molecule has 0 radical (unpaired) electrons. The molecule has 0 bridgehead atoms. The van der Waals surface area contributed by atoms with E-state index in [0.717, 1.165) is 40.0 Å². The molecule has 2 aromatic heterocycles. The monoisotopic (exact) mass is 375 g/mol. The van der Waals surface area contributed by atoms with Crippen LogP contribution in [0, 0.1) is 0 Å². The standard InChI is InChI=1S/C23H29N5/c1-16(2)25-17(3)23-21-12-19(7-8-22(21)26-27-23)20-11-18(13-24-14-20)15-28-9-5-4-6-10-28/h7-8,11-14,16,25H,3-6,9-10,15H2,1-2H3,(H,26,27). The fourth-order valence-corrected chi connectivity index (χ4v) is 3.95. The van der Waals surface area contributed by atoms with Gasteiger partial charge in [-0.15, -0.1) is 0 Å². The average Bonchev–Trinajstić information content (AvgIpc) is 3.12. The minimum absolute atomic E-state index is 0.318. The highest BCUT2D eigenvalue weighted by Crippen LogP contribution is 2.28. The maximum Gasteiger partial charge on any atom is 0.115 e. The van der Waals surface area contributed by atoms with E-state index in [1.54, 1.807) is 0 Å². The highest BCUT2D eigenvalue weighted by atomic mass is 15.1. The summed E-state index contributed by atoms with van der Waals surface area (Å²) in [5, 5.41) is 12.0. The zero-order valence-electron chi connectivity index (χ0n) is 16.8. The Labute approximate surface area is 166 Å². The second-order valence-electron chi connectivity index (χ2n) is 8.03. The van der Waals surface area contributed by atoms with Gasteiger partial charge in [-0.25, -0.2) is 0 Å². The number of nitrogens with zero attached hydrogens (tertiary/aromatic N) is 3. The number of H-pyrrole nitrogens is 1. The first-order valence-electron chi connectivity index (χ1n) is 10.2. The third-order valence-corrected chi connectivity index (χ3v) is 5.29. The van der Waals surface area contributed by atoms with E-state index in [4.69, 9.17) is 0 Å². The van der Waals surface area contributed by atoms with Gasteiger partial charge in [-0.1, -0.05) is 19.1 Å². The van der Waals surface area contributed by atoms with Crippen molar-refractivity contribution in [2.24, 2.45) is 0 Å². The van der Waals surface area contributed by atoms with E-state index in [1.165, 1.54) is 37.9 Å². The minimum atomic E-state index is 0.318. The SMILES string of the molecule is C=C(NC(C)C)c1n[nH]c2ccc(-c3cncc(CN4CCCCC4)c3)cc12. The predicted molar refractivity (Wildman–Crippen MR) is 116 cm³/mol. The Kier molecular flexibility index (Phi) is 5.44. The summed E-state index contributed by atoms with van der Waals surface area (Å²) in [6.45, 7) is 11.7. The number of hydrogen-bond donors (Lipinski definition) is 2. The number of aromatic nitrogens is 3. The second-order valence-corrected chi connectivity index (χ2v) is 8.03. The van der Waals surface area contributed by atoms with Crippen LogP contribution < -0.4 is 5.32 Å². The summed E-state index contributed by atoms with van der Waals surface area (Å²) in [6.07, 6.45) is 7.91. The van der Waals surface area contributed by atoms with Crippen LogP contribution in [0.2, 0.25) is 0 Å². The van der Waals surface area contributed by atoms with E-state index >= 15 is 0 Å². The molecule has 5 nitrogen and oxygen atoms in total. The van der Waals surface area contributed by atoms with Crippen molar-refractivity contribution in [3.8, 4) is 11.1 Å². The molecule has 0 atom stereocenters. The van der Waals surface area contributed by atoms with Gasteiger partial charge in [-0.2, -0.15) is 5.10 Å². The molecule has 4 rings (SSSR count). The summed E-state index contributed by atoms with van der Waals surface area (Å²) in [5.74, 6) is 0. The first-order chi connectivity index (χ1) is 13.6. The van der Waals surface area contributed by atoms with Crippen molar-refractivity contribution in [3.05, 3.63) is 54.5 Å². The summed E-state index contributed by atoms with van der Waals surface area (Å²) >= 11 is 0. The fraction of sp³-hybridized carbons (Fsp3) is 0.391. The molecule has 1 aliphatic heterocycles. The van der Waals surface area contributed by atoms with Gasteiger partial charge in [0.15, 0.2) is 0 Å². The predicted octanol–water partition coefficient (Wildman–Crippen LogP) is 4.58. The number of aromatic amines is 1. The molecule has 146 valence electrons. The third kappa shape index (κ3) is 4.09. The molecular weight excluding hydrogens is 346 g/mol. The molecule has 1 aromatic carbocycles. The number of pyridine rings is 1. The topological polar surface area (TPSA) is 56.8 Å². The van der Waals surface area contributed by atoms with Crippen LogP contribution in [0.15, 0.2) is 43.2 Å². The Bertz CT molecular complexity index is 966. The first-order valence-corrected chi connectivity index (χ1v) is 10.2. The van der Waals surface area contributed by atoms with Gasteiger partial charge in [0.2, 0.25) is 0 Å². The summed E-state index contributed by atoms with van der Waals surface area (Å²) in [5.41, 5.74) is 6.31. The summed E-state index contributed by atoms with van der Waals surface area (Å²) in [7, 11) is 0. The Balaban J connectivity index is 1.61. The molecule has 0 saturated carbocycles. The Morgan fingerprint density at radius 1 is 1.14 bits per heavy atom. The van der Waals surface area contributed by atoms with Crippen molar-refractivity contribution < 1.29 is 0 Å². The molecule has 0 aliphatic carbocycles. The molecule has 1 aliphatic rings. The van der Waals surface area contributed by atoms with E-state index in [2.05, 4.69) is 70.1 Å². The van der Waals surface area contributed by atoms with E-state index in [9.17, 15) is 0 Å². The lowest BCUT2D eigenvalue weighted by molar-refractivity contribution is 0.220. The van der Waals surface area contributed by atoms with Crippen LogP contribution in [0.5, 0.6) is 0 Å². The van der Waals surface area contributed by atoms with E-state index in [-0.39, 0.29) is 0 Å². The first kappa shape index (κ1) is 18.7. The maximum atomic E-state index is 4.51. The molecule has 1 saturated heterocycles. The molecule has 0 unspecified atom stereocenters. The van der Waals surface area contributed by atoms with E-state index in [0.29, 0.717) is 6.04 Å². The normalized spacial score (nSPS) is 15.2. The average molecular weight is 376 g/mol. The van der Waals surface area contributed by atoms with E-state index < -0.39 is 0 Å². The molecule has 28 heavy (non-hydrogen) atoms. The van der Waals surface area contributed by atoms with Crippen LogP contribution >= 0.6 is 0 Å². The number of rotatable bonds is 6. The quantitative estimate of drug-likeness (QED) is 0.662. The Morgan fingerprint density at radius 3 is 2.75 bits per heavy atom. The second kappa shape index (κ2) is 8.15. The maximum absolute atomic E-state index is 4.51. The van der Waals surface area contributed by atoms with Gasteiger partial charge in [0, 0.05) is 35.9 Å². The smallest absolute Gasteiger partial charge is 0.115 e. The third-order valence-electron chi connectivity index (χ3n) is 5.29. The van der Waals surface area contributed by atoms with Gasteiger partial charge in [0.25, 0.3) is 0 Å². The largest absolute Gasteiger partial charge is 0.382 e. The molecule has 0 spiro atoms. The minimum Gasteiger partial charge on any atom is -0.382 e. The molecule has 0 amide bonds. The van der Waals surface area contributed by atoms with Crippen LogP contribution in [0.25, 0.3) is 27.7 Å². The summed E-state index contributed by atoms with van der Waals surface area (Å²) < 4.78 is 0. The van der Waals surface area contributed by atoms with Crippen LogP contribution in [0.1, 0.15) is 44.4 Å². The molecule has 5 heteroatoms. The van der Waals surface area contributed by atoms with Crippen LogP contribution in [-0.4, -0.2) is 39.2 Å². The van der Waals surface area contributed by atoms with Gasteiger partial charge < -0.3 is 5.32 Å². The molecule has 2 N–H and O–H groups in total. The number of fused-ring (bicyclic) bond motifs is 1. The molecular formula is C23H29N5. The van der Waals surface area contributed by atoms with Gasteiger partial charge in [0.05, 0.1) is 11.2 Å². The number of hydrogen-bond acceptors (Lipinski definition) is 4. The van der Waals surface area contributed by atoms with E-state index in [1.807, 2.05) is 12.4 Å². The van der Waals surface area contributed by atoms with Crippen molar-refractivity contribution in [1.29, 1.82) is 0 Å². The molecule has 1 fully saturated rings. The van der Waals surface area contributed by atoms with Crippen LogP contribution in [0.4, 0.5) is 0 Å². The van der Waals surface area contributed by atoms with Gasteiger partial charge >= 0.3 is 0 Å². The van der Waals surface area contributed by atoms with Gasteiger partial charge in [0.1, 0.15) is 5.69 Å². The van der Waals surface area contributed by atoms with Crippen LogP contribution in [0.3, 0.4) is 0 Å². The number of benzene rings is 1.